The molecule has 3 aromatic rings. The molecule has 0 N–H and O–H groups in total. The van der Waals surface area contributed by atoms with Gasteiger partial charge >= 0.3 is 0 Å². The minimum Gasteiger partial charge on any atom is -0.345 e. The number of benzene rings is 1. The van der Waals surface area contributed by atoms with E-state index in [1.165, 1.54) is 0 Å². The molecule has 5 heteroatoms. The van der Waals surface area contributed by atoms with Crippen LogP contribution in [0.1, 0.15) is 42.0 Å². The first kappa shape index (κ1) is 19.0. The number of pyridine rings is 1. The number of fused-ring (bicyclic) bond motifs is 1. The van der Waals surface area contributed by atoms with E-state index in [-0.39, 0.29) is 5.91 Å². The third kappa shape index (κ3) is 4.13. The highest BCUT2D eigenvalue weighted by atomic mass is 16.2. The van der Waals surface area contributed by atoms with Gasteiger partial charge < -0.3 is 4.90 Å². The van der Waals surface area contributed by atoms with E-state index in [0.717, 1.165) is 46.4 Å². The first-order valence-electron chi connectivity index (χ1n) is 9.30. The lowest BCUT2D eigenvalue weighted by molar-refractivity contribution is 0.0829. The van der Waals surface area contributed by atoms with Crippen LogP contribution < -0.4 is 0 Å². The molecule has 0 aliphatic carbocycles. The van der Waals surface area contributed by atoms with Gasteiger partial charge in [-0.3, -0.25) is 4.79 Å². The molecule has 0 saturated carbocycles. The van der Waals surface area contributed by atoms with Crippen LogP contribution in [0.2, 0.25) is 0 Å². The van der Waals surface area contributed by atoms with Gasteiger partial charge in [0.2, 0.25) is 0 Å². The van der Waals surface area contributed by atoms with Crippen LogP contribution >= 0.6 is 0 Å². The summed E-state index contributed by atoms with van der Waals surface area (Å²) < 4.78 is 0. The minimum atomic E-state index is -0.0382. The van der Waals surface area contributed by atoms with Crippen molar-refractivity contribution >= 4 is 16.8 Å². The standard InChI is InChI=1S/C22H26N4O/c1-14(2)9-10-20-23-12-16(13-24-20)19-11-18(22(27)26(4)5)17-8-6-7-15(3)21(17)25-19/h6-8,11-14H,9-10H2,1-5H3. The number of aromatic nitrogens is 3. The van der Waals surface area contributed by atoms with Crippen molar-refractivity contribution in [2.45, 2.75) is 33.6 Å². The smallest absolute Gasteiger partial charge is 0.254 e. The second-order valence-corrected chi connectivity index (χ2v) is 7.55. The minimum absolute atomic E-state index is 0.0382. The van der Waals surface area contributed by atoms with Crippen molar-refractivity contribution in [2.24, 2.45) is 5.92 Å². The molecule has 0 radical (unpaired) electrons. The summed E-state index contributed by atoms with van der Waals surface area (Å²) >= 11 is 0. The molecule has 140 valence electrons. The lowest BCUT2D eigenvalue weighted by Crippen LogP contribution is -2.22. The molecule has 2 aromatic heterocycles. The third-order valence-electron chi connectivity index (χ3n) is 4.62. The number of rotatable bonds is 5. The fraction of sp³-hybridized carbons (Fsp3) is 0.364. The van der Waals surface area contributed by atoms with E-state index in [1.54, 1.807) is 31.4 Å². The molecule has 0 atom stereocenters. The summed E-state index contributed by atoms with van der Waals surface area (Å²) in [6.45, 7) is 6.40. The Hall–Kier alpha value is -2.82. The molecule has 0 fully saturated rings. The number of carbonyl (C=O) groups excluding carboxylic acids is 1. The van der Waals surface area contributed by atoms with Gasteiger partial charge in [-0.2, -0.15) is 0 Å². The van der Waals surface area contributed by atoms with Crippen molar-refractivity contribution in [1.29, 1.82) is 0 Å². The molecule has 0 spiro atoms. The van der Waals surface area contributed by atoms with Gasteiger partial charge in [0.05, 0.1) is 16.8 Å². The van der Waals surface area contributed by atoms with E-state index in [2.05, 4.69) is 23.8 Å². The second-order valence-electron chi connectivity index (χ2n) is 7.55. The largest absolute Gasteiger partial charge is 0.345 e. The number of hydrogen-bond donors (Lipinski definition) is 0. The summed E-state index contributed by atoms with van der Waals surface area (Å²) in [4.78, 5) is 28.1. The molecule has 0 saturated heterocycles. The van der Waals surface area contributed by atoms with Crippen LogP contribution in [0.25, 0.3) is 22.2 Å². The van der Waals surface area contributed by atoms with Crippen molar-refractivity contribution < 1.29 is 4.79 Å². The Morgan fingerprint density at radius 3 is 2.48 bits per heavy atom. The van der Waals surface area contributed by atoms with Crippen LogP contribution in [0, 0.1) is 12.8 Å². The summed E-state index contributed by atoms with van der Waals surface area (Å²) in [5.41, 5.74) is 4.06. The maximum atomic E-state index is 12.7. The molecule has 0 aliphatic rings. The summed E-state index contributed by atoms with van der Waals surface area (Å²) in [7, 11) is 3.52. The highest BCUT2D eigenvalue weighted by Gasteiger charge is 2.16. The number of para-hydroxylation sites is 1. The molecule has 27 heavy (non-hydrogen) atoms. The van der Waals surface area contributed by atoms with Crippen LogP contribution in [0.5, 0.6) is 0 Å². The molecule has 5 nitrogen and oxygen atoms in total. The van der Waals surface area contributed by atoms with E-state index < -0.39 is 0 Å². The van der Waals surface area contributed by atoms with Crippen molar-refractivity contribution in [2.75, 3.05) is 14.1 Å². The van der Waals surface area contributed by atoms with Crippen molar-refractivity contribution in [3.63, 3.8) is 0 Å². The average molecular weight is 362 g/mol. The van der Waals surface area contributed by atoms with Crippen molar-refractivity contribution in [3.05, 3.63) is 53.6 Å². The molecule has 0 bridgehead atoms. The normalized spacial score (nSPS) is 11.2. The van der Waals surface area contributed by atoms with Gasteiger partial charge in [0.1, 0.15) is 5.82 Å². The van der Waals surface area contributed by atoms with E-state index in [4.69, 9.17) is 4.98 Å². The molecule has 1 amide bonds. The van der Waals surface area contributed by atoms with Crippen LogP contribution in [-0.4, -0.2) is 39.9 Å². The van der Waals surface area contributed by atoms with E-state index >= 15 is 0 Å². The van der Waals surface area contributed by atoms with Gasteiger partial charge in [-0.1, -0.05) is 32.0 Å². The van der Waals surface area contributed by atoms with E-state index in [9.17, 15) is 4.79 Å². The van der Waals surface area contributed by atoms with Gasteiger partial charge in [0.15, 0.2) is 0 Å². The Kier molecular flexibility index (Phi) is 5.49. The number of carbonyl (C=O) groups is 1. The maximum Gasteiger partial charge on any atom is 0.254 e. The Balaban J connectivity index is 2.06. The van der Waals surface area contributed by atoms with E-state index in [1.807, 2.05) is 31.2 Å². The summed E-state index contributed by atoms with van der Waals surface area (Å²) in [5, 5.41) is 0.868. The average Bonchev–Trinajstić information content (AvgIpc) is 2.65. The quantitative estimate of drug-likeness (QED) is 0.679. The van der Waals surface area contributed by atoms with Gasteiger partial charge in [0, 0.05) is 43.9 Å². The predicted octanol–water partition coefficient (Wildman–Crippen LogP) is 4.29. The highest BCUT2D eigenvalue weighted by Crippen LogP contribution is 2.27. The zero-order chi connectivity index (χ0) is 19.6. The summed E-state index contributed by atoms with van der Waals surface area (Å²) in [6.07, 6.45) is 5.54. The Morgan fingerprint density at radius 1 is 1.15 bits per heavy atom. The number of amides is 1. The Labute approximate surface area is 160 Å². The van der Waals surface area contributed by atoms with E-state index in [0.29, 0.717) is 11.5 Å². The summed E-state index contributed by atoms with van der Waals surface area (Å²) in [5.74, 6) is 1.43. The fourth-order valence-electron chi connectivity index (χ4n) is 2.99. The molecule has 0 aliphatic heterocycles. The number of aryl methyl sites for hydroxylation is 2. The van der Waals surface area contributed by atoms with Crippen LogP contribution in [-0.2, 0) is 6.42 Å². The van der Waals surface area contributed by atoms with Gasteiger partial charge in [-0.25, -0.2) is 15.0 Å². The third-order valence-corrected chi connectivity index (χ3v) is 4.62. The molecular formula is C22H26N4O. The predicted molar refractivity (Wildman–Crippen MR) is 109 cm³/mol. The topological polar surface area (TPSA) is 59.0 Å². The van der Waals surface area contributed by atoms with Crippen molar-refractivity contribution in [3.8, 4) is 11.3 Å². The highest BCUT2D eigenvalue weighted by molar-refractivity contribution is 6.07. The zero-order valence-electron chi connectivity index (χ0n) is 16.7. The van der Waals surface area contributed by atoms with Crippen LogP contribution in [0.15, 0.2) is 36.7 Å². The molecular weight excluding hydrogens is 336 g/mol. The Bertz CT molecular complexity index is 962. The van der Waals surface area contributed by atoms with Crippen molar-refractivity contribution in [1.82, 2.24) is 19.9 Å². The van der Waals surface area contributed by atoms with Crippen LogP contribution in [0.3, 0.4) is 0 Å². The fourth-order valence-corrected chi connectivity index (χ4v) is 2.99. The summed E-state index contributed by atoms with van der Waals surface area (Å²) in [6, 6.07) is 7.75. The molecule has 3 rings (SSSR count). The van der Waals surface area contributed by atoms with Gasteiger partial charge in [-0.15, -0.1) is 0 Å². The lowest BCUT2D eigenvalue weighted by Gasteiger charge is -2.15. The van der Waals surface area contributed by atoms with Gasteiger partial charge in [-0.05, 0) is 30.9 Å². The first-order valence-corrected chi connectivity index (χ1v) is 9.30. The molecule has 1 aromatic carbocycles. The maximum absolute atomic E-state index is 12.7. The first-order chi connectivity index (χ1) is 12.9. The number of nitrogens with zero attached hydrogens (tertiary/aromatic N) is 4. The second kappa shape index (κ2) is 7.82. The Morgan fingerprint density at radius 2 is 1.85 bits per heavy atom. The monoisotopic (exact) mass is 362 g/mol. The lowest BCUT2D eigenvalue weighted by atomic mass is 10.0. The SMILES string of the molecule is Cc1cccc2c(C(=O)N(C)C)cc(-c3cnc(CCC(C)C)nc3)nc12. The van der Waals surface area contributed by atoms with Gasteiger partial charge in [0.25, 0.3) is 5.91 Å². The number of hydrogen-bond acceptors (Lipinski definition) is 4. The molecule has 2 heterocycles. The van der Waals surface area contributed by atoms with Crippen LogP contribution in [0.4, 0.5) is 0 Å². The molecule has 0 unspecified atom stereocenters. The zero-order valence-corrected chi connectivity index (χ0v) is 16.7.